The molecule has 2 rings (SSSR count). The van der Waals surface area contributed by atoms with Gasteiger partial charge in [0.05, 0.1) is 17.9 Å². The first-order chi connectivity index (χ1) is 7.42. The Morgan fingerprint density at radius 1 is 1.60 bits per heavy atom. The highest BCUT2D eigenvalue weighted by molar-refractivity contribution is 4.97. The molecule has 1 unspecified atom stereocenters. The van der Waals surface area contributed by atoms with Gasteiger partial charge in [-0.1, -0.05) is 18.6 Å². The summed E-state index contributed by atoms with van der Waals surface area (Å²) in [6, 6.07) is 0.521. The van der Waals surface area contributed by atoms with E-state index in [1.807, 2.05) is 6.20 Å². The third-order valence-corrected chi connectivity index (χ3v) is 3.05. The molecule has 84 valence electrons. The summed E-state index contributed by atoms with van der Waals surface area (Å²) in [6.07, 6.45) is 7.97. The monoisotopic (exact) mass is 208 g/mol. The minimum Gasteiger partial charge on any atom is -0.315 e. The SMILES string of the molecule is CCCCc1cnnn1C1CCCNC1. The fraction of sp³-hybridized carbons (Fsp3) is 0.818. The van der Waals surface area contributed by atoms with Crippen molar-refractivity contribution in [2.75, 3.05) is 13.1 Å². The molecular weight excluding hydrogens is 188 g/mol. The quantitative estimate of drug-likeness (QED) is 0.816. The summed E-state index contributed by atoms with van der Waals surface area (Å²) in [4.78, 5) is 0. The van der Waals surface area contributed by atoms with Gasteiger partial charge in [0, 0.05) is 6.54 Å². The lowest BCUT2D eigenvalue weighted by atomic mass is 10.1. The van der Waals surface area contributed by atoms with Crippen LogP contribution in [0.2, 0.25) is 0 Å². The normalized spacial score (nSPS) is 21.8. The van der Waals surface area contributed by atoms with Crippen molar-refractivity contribution in [1.82, 2.24) is 20.3 Å². The number of hydrogen-bond acceptors (Lipinski definition) is 3. The Labute approximate surface area is 91.1 Å². The molecule has 1 aliphatic rings. The number of piperidine rings is 1. The molecule has 1 N–H and O–H groups in total. The van der Waals surface area contributed by atoms with Crippen molar-refractivity contribution in [2.45, 2.75) is 45.1 Å². The summed E-state index contributed by atoms with van der Waals surface area (Å²) in [5.41, 5.74) is 1.30. The molecule has 1 fully saturated rings. The number of rotatable bonds is 4. The largest absolute Gasteiger partial charge is 0.315 e. The smallest absolute Gasteiger partial charge is 0.0725 e. The van der Waals surface area contributed by atoms with Crippen molar-refractivity contribution in [1.29, 1.82) is 0 Å². The Kier molecular flexibility index (Phi) is 3.72. The van der Waals surface area contributed by atoms with Crippen LogP contribution in [0.3, 0.4) is 0 Å². The van der Waals surface area contributed by atoms with E-state index in [1.165, 1.54) is 31.4 Å². The van der Waals surface area contributed by atoms with E-state index in [-0.39, 0.29) is 0 Å². The van der Waals surface area contributed by atoms with Crippen molar-refractivity contribution < 1.29 is 0 Å². The van der Waals surface area contributed by atoms with Gasteiger partial charge in [-0.05, 0) is 32.2 Å². The van der Waals surface area contributed by atoms with Crippen LogP contribution in [0.4, 0.5) is 0 Å². The van der Waals surface area contributed by atoms with Crippen molar-refractivity contribution in [3.8, 4) is 0 Å². The molecule has 1 aromatic rings. The molecule has 4 heteroatoms. The predicted molar refractivity (Wildman–Crippen MR) is 59.8 cm³/mol. The molecule has 1 aliphatic heterocycles. The number of nitrogens with one attached hydrogen (secondary N) is 1. The minimum atomic E-state index is 0.521. The molecule has 1 saturated heterocycles. The van der Waals surface area contributed by atoms with E-state index >= 15 is 0 Å². The molecule has 0 amide bonds. The highest BCUT2D eigenvalue weighted by Gasteiger charge is 2.17. The standard InChI is InChI=1S/C11H20N4/c1-2-3-5-11-9-13-14-15(11)10-6-4-7-12-8-10/h9-10,12H,2-8H2,1H3. The van der Waals surface area contributed by atoms with E-state index in [9.17, 15) is 0 Å². The zero-order valence-corrected chi connectivity index (χ0v) is 9.45. The van der Waals surface area contributed by atoms with Gasteiger partial charge in [-0.2, -0.15) is 0 Å². The van der Waals surface area contributed by atoms with Gasteiger partial charge in [0.1, 0.15) is 0 Å². The molecule has 0 radical (unpaired) electrons. The third kappa shape index (κ3) is 2.56. The van der Waals surface area contributed by atoms with Crippen LogP contribution in [-0.2, 0) is 6.42 Å². The predicted octanol–water partition coefficient (Wildman–Crippen LogP) is 1.55. The van der Waals surface area contributed by atoms with E-state index in [1.54, 1.807) is 0 Å². The minimum absolute atomic E-state index is 0.521. The van der Waals surface area contributed by atoms with E-state index in [0.29, 0.717) is 6.04 Å². The van der Waals surface area contributed by atoms with Gasteiger partial charge in [0.15, 0.2) is 0 Å². The molecule has 15 heavy (non-hydrogen) atoms. The highest BCUT2D eigenvalue weighted by atomic mass is 15.4. The van der Waals surface area contributed by atoms with Crippen LogP contribution < -0.4 is 5.32 Å². The van der Waals surface area contributed by atoms with Crippen molar-refractivity contribution >= 4 is 0 Å². The maximum absolute atomic E-state index is 4.22. The maximum Gasteiger partial charge on any atom is 0.0725 e. The first-order valence-corrected chi connectivity index (χ1v) is 6.01. The molecule has 1 atom stereocenters. The molecule has 4 nitrogen and oxygen atoms in total. The fourth-order valence-corrected chi connectivity index (χ4v) is 2.15. The first kappa shape index (κ1) is 10.6. The summed E-state index contributed by atoms with van der Waals surface area (Å²) >= 11 is 0. The lowest BCUT2D eigenvalue weighted by Crippen LogP contribution is -2.32. The third-order valence-electron chi connectivity index (χ3n) is 3.05. The van der Waals surface area contributed by atoms with Gasteiger partial charge in [-0.25, -0.2) is 4.68 Å². The summed E-state index contributed by atoms with van der Waals surface area (Å²) in [5.74, 6) is 0. The van der Waals surface area contributed by atoms with Gasteiger partial charge in [-0.15, -0.1) is 5.10 Å². The number of aromatic nitrogens is 3. The molecule has 0 saturated carbocycles. The Morgan fingerprint density at radius 2 is 2.53 bits per heavy atom. The fourth-order valence-electron chi connectivity index (χ4n) is 2.15. The van der Waals surface area contributed by atoms with Crippen LogP contribution >= 0.6 is 0 Å². The first-order valence-electron chi connectivity index (χ1n) is 6.01. The molecule has 2 heterocycles. The van der Waals surface area contributed by atoms with E-state index in [2.05, 4.69) is 27.2 Å². The summed E-state index contributed by atoms with van der Waals surface area (Å²) in [7, 11) is 0. The second-order valence-electron chi connectivity index (χ2n) is 4.27. The number of hydrogen-bond donors (Lipinski definition) is 1. The van der Waals surface area contributed by atoms with Crippen LogP contribution in [0.25, 0.3) is 0 Å². The molecule has 0 bridgehead atoms. The number of unbranched alkanes of at least 4 members (excludes halogenated alkanes) is 1. The average Bonchev–Trinajstić information content (AvgIpc) is 2.75. The van der Waals surface area contributed by atoms with Crippen LogP contribution in [0, 0.1) is 0 Å². The Morgan fingerprint density at radius 3 is 3.27 bits per heavy atom. The average molecular weight is 208 g/mol. The molecule has 0 aromatic carbocycles. The number of aryl methyl sites for hydroxylation is 1. The van der Waals surface area contributed by atoms with Crippen LogP contribution in [0.5, 0.6) is 0 Å². The van der Waals surface area contributed by atoms with Gasteiger partial charge in [0.2, 0.25) is 0 Å². The Balaban J connectivity index is 2.02. The van der Waals surface area contributed by atoms with Gasteiger partial charge >= 0.3 is 0 Å². The van der Waals surface area contributed by atoms with E-state index < -0.39 is 0 Å². The zero-order chi connectivity index (χ0) is 10.5. The number of nitrogens with zero attached hydrogens (tertiary/aromatic N) is 3. The lowest BCUT2D eigenvalue weighted by Gasteiger charge is -2.24. The molecule has 0 aliphatic carbocycles. The second kappa shape index (κ2) is 5.26. The van der Waals surface area contributed by atoms with Crippen LogP contribution in [-0.4, -0.2) is 28.1 Å². The summed E-state index contributed by atoms with van der Waals surface area (Å²) in [6.45, 7) is 4.41. The van der Waals surface area contributed by atoms with Crippen molar-refractivity contribution in [3.63, 3.8) is 0 Å². The van der Waals surface area contributed by atoms with Gasteiger partial charge in [0.25, 0.3) is 0 Å². The van der Waals surface area contributed by atoms with Crippen molar-refractivity contribution in [3.05, 3.63) is 11.9 Å². The molecule has 1 aromatic heterocycles. The lowest BCUT2D eigenvalue weighted by molar-refractivity contribution is 0.333. The zero-order valence-electron chi connectivity index (χ0n) is 9.45. The Hall–Kier alpha value is -0.900. The van der Waals surface area contributed by atoms with Crippen LogP contribution in [0.15, 0.2) is 6.20 Å². The molecular formula is C11H20N4. The summed E-state index contributed by atoms with van der Waals surface area (Å²) in [5, 5.41) is 11.7. The van der Waals surface area contributed by atoms with Gasteiger partial charge < -0.3 is 5.32 Å². The Bertz CT molecular complexity index is 289. The van der Waals surface area contributed by atoms with Gasteiger partial charge in [-0.3, -0.25) is 0 Å². The second-order valence-corrected chi connectivity index (χ2v) is 4.27. The topological polar surface area (TPSA) is 42.7 Å². The van der Waals surface area contributed by atoms with Crippen molar-refractivity contribution in [2.24, 2.45) is 0 Å². The van der Waals surface area contributed by atoms with E-state index in [0.717, 1.165) is 19.5 Å². The highest BCUT2D eigenvalue weighted by Crippen LogP contribution is 2.17. The molecule has 0 spiro atoms. The van der Waals surface area contributed by atoms with Crippen LogP contribution in [0.1, 0.15) is 44.3 Å². The summed E-state index contributed by atoms with van der Waals surface area (Å²) < 4.78 is 2.13. The van der Waals surface area contributed by atoms with E-state index in [4.69, 9.17) is 0 Å². The maximum atomic E-state index is 4.22.